The topological polar surface area (TPSA) is 50.4 Å². The molecule has 0 radical (unpaired) electrons. The lowest BCUT2D eigenvalue weighted by molar-refractivity contribution is -0.119. The van der Waals surface area contributed by atoms with Gasteiger partial charge in [0.25, 0.3) is 0 Å². The monoisotopic (exact) mass is 270 g/mol. The minimum Gasteiger partial charge on any atom is -0.375 e. The van der Waals surface area contributed by atoms with Crippen molar-refractivity contribution in [3.8, 4) is 0 Å². The van der Waals surface area contributed by atoms with Crippen LogP contribution < -0.4 is 10.6 Å². The zero-order valence-electron chi connectivity index (χ0n) is 10.6. The van der Waals surface area contributed by atoms with Crippen molar-refractivity contribution >= 4 is 11.6 Å². The lowest BCUT2D eigenvalue weighted by Gasteiger charge is -2.23. The highest BCUT2D eigenvalue weighted by molar-refractivity contribution is 5.91. The smallest absolute Gasteiger partial charge is 0.227 e. The van der Waals surface area contributed by atoms with Crippen LogP contribution in [0.15, 0.2) is 12.1 Å². The van der Waals surface area contributed by atoms with E-state index in [-0.39, 0.29) is 18.1 Å². The third-order valence-corrected chi connectivity index (χ3v) is 2.97. The average Bonchev–Trinajstić information content (AvgIpc) is 2.40. The Morgan fingerprint density at radius 2 is 2.32 bits per heavy atom. The van der Waals surface area contributed by atoms with Gasteiger partial charge in [-0.1, -0.05) is 6.07 Å². The van der Waals surface area contributed by atoms with Crippen molar-refractivity contribution in [2.75, 3.05) is 25.0 Å². The molecule has 19 heavy (non-hydrogen) atoms. The first kappa shape index (κ1) is 13.9. The number of halogens is 2. The van der Waals surface area contributed by atoms with Crippen LogP contribution in [0.3, 0.4) is 0 Å². The summed E-state index contributed by atoms with van der Waals surface area (Å²) >= 11 is 0. The number of anilines is 1. The van der Waals surface area contributed by atoms with E-state index in [4.69, 9.17) is 4.74 Å². The molecular weight excluding hydrogens is 254 g/mol. The largest absolute Gasteiger partial charge is 0.375 e. The molecular formula is C13H16F2N2O2. The summed E-state index contributed by atoms with van der Waals surface area (Å²) in [6.07, 6.45) is -0.190. The molecule has 2 N–H and O–H groups in total. The van der Waals surface area contributed by atoms with E-state index in [9.17, 15) is 13.6 Å². The Morgan fingerprint density at radius 1 is 1.53 bits per heavy atom. The second-order valence-corrected chi connectivity index (χ2v) is 4.50. The van der Waals surface area contributed by atoms with Crippen LogP contribution in [0.4, 0.5) is 14.5 Å². The number of rotatable bonds is 3. The number of hydrogen-bond donors (Lipinski definition) is 2. The molecule has 104 valence electrons. The molecule has 1 atom stereocenters. The molecule has 1 aliphatic heterocycles. The number of carbonyl (C=O) groups excluding carboxylic acids is 1. The van der Waals surface area contributed by atoms with Gasteiger partial charge in [-0.3, -0.25) is 4.79 Å². The maximum Gasteiger partial charge on any atom is 0.227 e. The number of benzene rings is 1. The molecule has 4 nitrogen and oxygen atoms in total. The van der Waals surface area contributed by atoms with E-state index in [0.717, 1.165) is 12.6 Å². The Labute approximate surface area is 110 Å². The normalized spacial score (nSPS) is 19.2. The zero-order chi connectivity index (χ0) is 13.8. The van der Waals surface area contributed by atoms with Gasteiger partial charge in [-0.2, -0.15) is 0 Å². The fraction of sp³-hybridized carbons (Fsp3) is 0.462. The predicted molar refractivity (Wildman–Crippen MR) is 67.0 cm³/mol. The fourth-order valence-electron chi connectivity index (χ4n) is 1.92. The van der Waals surface area contributed by atoms with Crippen LogP contribution in [-0.2, 0) is 9.53 Å². The Balaban J connectivity index is 2.00. The average molecular weight is 270 g/mol. The molecule has 0 aromatic heterocycles. The molecule has 1 amide bonds. The Morgan fingerprint density at radius 3 is 3.00 bits per heavy atom. The molecule has 0 spiro atoms. The molecule has 0 bridgehead atoms. The fourth-order valence-corrected chi connectivity index (χ4v) is 1.92. The van der Waals surface area contributed by atoms with Gasteiger partial charge < -0.3 is 15.4 Å². The van der Waals surface area contributed by atoms with E-state index in [0.29, 0.717) is 13.2 Å². The maximum absolute atomic E-state index is 13.7. The van der Waals surface area contributed by atoms with Gasteiger partial charge in [0.15, 0.2) is 5.82 Å². The second kappa shape index (κ2) is 6.08. The van der Waals surface area contributed by atoms with Gasteiger partial charge in [-0.25, -0.2) is 8.78 Å². The van der Waals surface area contributed by atoms with Crippen molar-refractivity contribution in [2.24, 2.45) is 0 Å². The van der Waals surface area contributed by atoms with Crippen LogP contribution >= 0.6 is 0 Å². The maximum atomic E-state index is 13.7. The lowest BCUT2D eigenvalue weighted by Crippen LogP contribution is -2.40. The van der Waals surface area contributed by atoms with Gasteiger partial charge in [-0.15, -0.1) is 0 Å². The first-order valence-corrected chi connectivity index (χ1v) is 6.14. The summed E-state index contributed by atoms with van der Waals surface area (Å²) in [7, 11) is 0. The van der Waals surface area contributed by atoms with Crippen LogP contribution in [0.5, 0.6) is 0 Å². The Hall–Kier alpha value is -1.53. The van der Waals surface area contributed by atoms with Crippen molar-refractivity contribution in [1.82, 2.24) is 5.32 Å². The molecule has 1 saturated heterocycles. The van der Waals surface area contributed by atoms with E-state index < -0.39 is 23.2 Å². The van der Waals surface area contributed by atoms with Crippen molar-refractivity contribution in [2.45, 2.75) is 19.4 Å². The highest BCUT2D eigenvalue weighted by Crippen LogP contribution is 2.22. The van der Waals surface area contributed by atoms with Crippen molar-refractivity contribution in [3.05, 3.63) is 29.3 Å². The van der Waals surface area contributed by atoms with Crippen LogP contribution in [0, 0.1) is 18.6 Å². The molecule has 0 aliphatic carbocycles. The molecule has 1 unspecified atom stereocenters. The minimum absolute atomic E-state index is 0.0693. The first-order valence-electron chi connectivity index (χ1n) is 6.14. The number of aryl methyl sites for hydroxylation is 1. The second-order valence-electron chi connectivity index (χ2n) is 4.50. The molecule has 1 aliphatic rings. The van der Waals surface area contributed by atoms with E-state index in [1.54, 1.807) is 0 Å². The van der Waals surface area contributed by atoms with Crippen molar-refractivity contribution in [1.29, 1.82) is 0 Å². The number of ether oxygens (including phenoxy) is 1. The van der Waals surface area contributed by atoms with E-state index in [1.165, 1.54) is 13.0 Å². The zero-order valence-corrected chi connectivity index (χ0v) is 10.6. The molecule has 1 aromatic carbocycles. The summed E-state index contributed by atoms with van der Waals surface area (Å²) in [5.74, 6) is -1.98. The van der Waals surface area contributed by atoms with Crippen LogP contribution in [-0.4, -0.2) is 31.7 Å². The summed E-state index contributed by atoms with van der Waals surface area (Å²) in [6, 6.07) is 2.46. The quantitative estimate of drug-likeness (QED) is 0.877. The summed E-state index contributed by atoms with van der Waals surface area (Å²) < 4.78 is 32.5. The number of hydrogen-bond acceptors (Lipinski definition) is 3. The number of amides is 1. The van der Waals surface area contributed by atoms with Gasteiger partial charge in [0.1, 0.15) is 11.5 Å². The first-order chi connectivity index (χ1) is 9.08. The molecule has 1 fully saturated rings. The number of nitrogens with one attached hydrogen (secondary N) is 2. The highest BCUT2D eigenvalue weighted by Gasteiger charge is 2.20. The molecule has 1 heterocycles. The van der Waals surface area contributed by atoms with Crippen LogP contribution in [0.2, 0.25) is 0 Å². The Bertz CT molecular complexity index is 474. The summed E-state index contributed by atoms with van der Waals surface area (Å²) in [5, 5.41) is 5.35. The van der Waals surface area contributed by atoms with E-state index in [2.05, 4.69) is 10.6 Å². The molecule has 0 saturated carbocycles. The predicted octanol–water partition coefficient (Wildman–Crippen LogP) is 1.59. The van der Waals surface area contributed by atoms with Crippen molar-refractivity contribution in [3.63, 3.8) is 0 Å². The molecule has 1 aromatic rings. The third kappa shape index (κ3) is 3.48. The van der Waals surface area contributed by atoms with Crippen molar-refractivity contribution < 1.29 is 18.3 Å². The number of carbonyl (C=O) groups is 1. The molecule has 2 rings (SSSR count). The van der Waals surface area contributed by atoms with Gasteiger partial charge in [0.2, 0.25) is 5.91 Å². The molecule has 6 heteroatoms. The van der Waals surface area contributed by atoms with Gasteiger partial charge in [0, 0.05) is 13.1 Å². The Kier molecular flexibility index (Phi) is 4.44. The van der Waals surface area contributed by atoms with Gasteiger partial charge in [0.05, 0.1) is 19.1 Å². The summed E-state index contributed by atoms with van der Waals surface area (Å²) in [5.41, 5.74) is -0.110. The lowest BCUT2D eigenvalue weighted by atomic mass is 10.1. The van der Waals surface area contributed by atoms with Gasteiger partial charge in [-0.05, 0) is 18.6 Å². The van der Waals surface area contributed by atoms with Crippen LogP contribution in [0.25, 0.3) is 0 Å². The van der Waals surface area contributed by atoms with Crippen LogP contribution in [0.1, 0.15) is 12.0 Å². The van der Waals surface area contributed by atoms with Gasteiger partial charge >= 0.3 is 0 Å². The summed E-state index contributed by atoms with van der Waals surface area (Å²) in [6.45, 7) is 3.36. The SMILES string of the molecule is Cc1ccc(F)c(NC(=O)CC2CNCCO2)c1F. The van der Waals surface area contributed by atoms with E-state index >= 15 is 0 Å². The highest BCUT2D eigenvalue weighted by atomic mass is 19.1. The third-order valence-electron chi connectivity index (χ3n) is 2.97. The van der Waals surface area contributed by atoms with E-state index in [1.807, 2.05) is 0 Å². The minimum atomic E-state index is -0.779. The standard InChI is InChI=1S/C13H16F2N2O2/c1-8-2-3-10(14)13(12(8)15)17-11(18)6-9-7-16-4-5-19-9/h2-3,9,16H,4-7H2,1H3,(H,17,18). The summed E-state index contributed by atoms with van der Waals surface area (Å²) in [4.78, 5) is 11.7. The number of morpholine rings is 1.